The molecule has 1 aliphatic carbocycles. The third-order valence-electron chi connectivity index (χ3n) is 3.29. The molecule has 16 heavy (non-hydrogen) atoms. The monoisotopic (exact) mass is 222 g/mol. The van der Waals surface area contributed by atoms with E-state index in [1.165, 1.54) is 31.4 Å². The first-order chi connectivity index (χ1) is 7.77. The van der Waals surface area contributed by atoms with E-state index in [9.17, 15) is 4.79 Å². The summed E-state index contributed by atoms with van der Waals surface area (Å²) in [6.45, 7) is 0. The molecule has 0 aromatic carbocycles. The van der Waals surface area contributed by atoms with E-state index in [0.29, 0.717) is 12.5 Å². The molecule has 88 valence electrons. The molecule has 1 fully saturated rings. The Bertz CT molecular complexity index is 354. The lowest BCUT2D eigenvalue weighted by molar-refractivity contribution is -0.137. The van der Waals surface area contributed by atoms with Gasteiger partial charge < -0.3 is 9.67 Å². The van der Waals surface area contributed by atoms with Crippen LogP contribution in [-0.2, 0) is 11.2 Å². The molecule has 0 saturated heterocycles. The molecule has 1 heterocycles. The highest BCUT2D eigenvalue weighted by Gasteiger charge is 2.18. The van der Waals surface area contributed by atoms with Crippen LogP contribution in [0.4, 0.5) is 0 Å². The number of aryl methyl sites for hydroxylation is 1. The van der Waals surface area contributed by atoms with Crippen LogP contribution in [0, 0.1) is 0 Å². The Labute approximate surface area is 95.3 Å². The second kappa shape index (κ2) is 5.14. The van der Waals surface area contributed by atoms with Crippen molar-refractivity contribution in [3.8, 4) is 0 Å². The van der Waals surface area contributed by atoms with Gasteiger partial charge >= 0.3 is 5.97 Å². The molecule has 0 bridgehead atoms. The van der Waals surface area contributed by atoms with Gasteiger partial charge in [0.1, 0.15) is 0 Å². The Morgan fingerprint density at radius 1 is 1.50 bits per heavy atom. The first kappa shape index (κ1) is 11.2. The summed E-state index contributed by atoms with van der Waals surface area (Å²) in [4.78, 5) is 14.6. The third-order valence-corrected chi connectivity index (χ3v) is 3.29. The molecule has 0 unspecified atom stereocenters. The minimum atomic E-state index is -0.716. The van der Waals surface area contributed by atoms with E-state index in [1.807, 2.05) is 12.5 Å². The standard InChI is InChI=1S/C12H18N2O2/c15-12(16)7-3-6-11-8-13-9-14(11)10-4-1-2-5-10/h8-10H,1-7H2,(H,15,16). The number of aliphatic carboxylic acids is 1. The topological polar surface area (TPSA) is 55.1 Å². The van der Waals surface area contributed by atoms with E-state index in [1.54, 1.807) is 0 Å². The molecule has 0 spiro atoms. The van der Waals surface area contributed by atoms with Gasteiger partial charge in [-0.15, -0.1) is 0 Å². The van der Waals surface area contributed by atoms with Crippen LogP contribution in [-0.4, -0.2) is 20.6 Å². The molecule has 4 heteroatoms. The third kappa shape index (κ3) is 2.62. The van der Waals surface area contributed by atoms with E-state index in [0.717, 1.165) is 6.42 Å². The maximum Gasteiger partial charge on any atom is 0.303 e. The summed E-state index contributed by atoms with van der Waals surface area (Å²) in [7, 11) is 0. The summed E-state index contributed by atoms with van der Waals surface area (Å²) in [5.41, 5.74) is 1.19. The molecule has 0 aliphatic heterocycles. The van der Waals surface area contributed by atoms with Crippen molar-refractivity contribution in [2.45, 2.75) is 51.0 Å². The summed E-state index contributed by atoms with van der Waals surface area (Å²) < 4.78 is 2.24. The highest BCUT2D eigenvalue weighted by atomic mass is 16.4. The zero-order chi connectivity index (χ0) is 11.4. The number of hydrogen-bond acceptors (Lipinski definition) is 2. The second-order valence-corrected chi connectivity index (χ2v) is 4.48. The average Bonchev–Trinajstić information content (AvgIpc) is 2.84. The largest absolute Gasteiger partial charge is 0.481 e. The van der Waals surface area contributed by atoms with E-state index >= 15 is 0 Å². The molecule has 1 N–H and O–H groups in total. The summed E-state index contributed by atoms with van der Waals surface area (Å²) in [6.07, 6.45) is 10.6. The van der Waals surface area contributed by atoms with Gasteiger partial charge in [0.25, 0.3) is 0 Å². The van der Waals surface area contributed by atoms with Gasteiger partial charge in [-0.3, -0.25) is 4.79 Å². The summed E-state index contributed by atoms with van der Waals surface area (Å²) in [6, 6.07) is 0.599. The van der Waals surface area contributed by atoms with Gasteiger partial charge in [0, 0.05) is 24.4 Å². The SMILES string of the molecule is O=C(O)CCCc1cncn1C1CCCC1. The number of imidazole rings is 1. The lowest BCUT2D eigenvalue weighted by Gasteiger charge is -2.14. The number of aromatic nitrogens is 2. The zero-order valence-electron chi connectivity index (χ0n) is 9.43. The first-order valence-electron chi connectivity index (χ1n) is 6.00. The van der Waals surface area contributed by atoms with Gasteiger partial charge in [0.15, 0.2) is 0 Å². The van der Waals surface area contributed by atoms with Gasteiger partial charge in [-0.25, -0.2) is 4.98 Å². The van der Waals surface area contributed by atoms with Crippen molar-refractivity contribution in [3.05, 3.63) is 18.2 Å². The normalized spacial score (nSPS) is 16.8. The van der Waals surface area contributed by atoms with Crippen LogP contribution in [0.5, 0.6) is 0 Å². The Hall–Kier alpha value is -1.32. The molecule has 0 radical (unpaired) electrons. The van der Waals surface area contributed by atoms with Crippen LogP contribution in [0.15, 0.2) is 12.5 Å². The number of nitrogens with zero attached hydrogens (tertiary/aromatic N) is 2. The van der Waals surface area contributed by atoms with Crippen molar-refractivity contribution in [2.24, 2.45) is 0 Å². The molecule has 0 atom stereocenters. The lowest BCUT2D eigenvalue weighted by atomic mass is 10.1. The first-order valence-corrected chi connectivity index (χ1v) is 6.00. The van der Waals surface area contributed by atoms with E-state index in [-0.39, 0.29) is 6.42 Å². The number of carboxylic acid groups (broad SMARTS) is 1. The predicted octanol–water partition coefficient (Wildman–Crippen LogP) is 2.41. The van der Waals surface area contributed by atoms with Crippen LogP contribution in [0.3, 0.4) is 0 Å². The van der Waals surface area contributed by atoms with Gasteiger partial charge in [0.2, 0.25) is 0 Å². The van der Waals surface area contributed by atoms with Crippen molar-refractivity contribution in [1.82, 2.24) is 9.55 Å². The predicted molar refractivity (Wildman–Crippen MR) is 60.3 cm³/mol. The fourth-order valence-corrected chi connectivity index (χ4v) is 2.46. The van der Waals surface area contributed by atoms with E-state index in [2.05, 4.69) is 9.55 Å². The molecule has 1 aromatic heterocycles. The van der Waals surface area contributed by atoms with Crippen molar-refractivity contribution < 1.29 is 9.90 Å². The molecule has 1 saturated carbocycles. The zero-order valence-corrected chi connectivity index (χ0v) is 9.43. The number of hydrogen-bond donors (Lipinski definition) is 1. The Balaban J connectivity index is 1.93. The molecular weight excluding hydrogens is 204 g/mol. The summed E-state index contributed by atoms with van der Waals surface area (Å²) in [5, 5.41) is 8.60. The summed E-state index contributed by atoms with van der Waals surface area (Å²) in [5.74, 6) is -0.716. The van der Waals surface area contributed by atoms with E-state index < -0.39 is 5.97 Å². The molecule has 4 nitrogen and oxygen atoms in total. The van der Waals surface area contributed by atoms with Gasteiger partial charge in [-0.05, 0) is 25.7 Å². The molecule has 1 aliphatic rings. The molecule has 2 rings (SSSR count). The maximum absolute atomic E-state index is 10.4. The van der Waals surface area contributed by atoms with Gasteiger partial charge in [-0.2, -0.15) is 0 Å². The smallest absolute Gasteiger partial charge is 0.303 e. The maximum atomic E-state index is 10.4. The number of carbonyl (C=O) groups is 1. The Morgan fingerprint density at radius 2 is 2.25 bits per heavy atom. The van der Waals surface area contributed by atoms with Gasteiger partial charge in [0.05, 0.1) is 6.33 Å². The Kier molecular flexibility index (Phi) is 3.59. The highest BCUT2D eigenvalue weighted by molar-refractivity contribution is 5.66. The van der Waals surface area contributed by atoms with Crippen LogP contribution < -0.4 is 0 Å². The fraction of sp³-hybridized carbons (Fsp3) is 0.667. The van der Waals surface area contributed by atoms with Crippen LogP contribution in [0.1, 0.15) is 50.3 Å². The average molecular weight is 222 g/mol. The lowest BCUT2D eigenvalue weighted by Crippen LogP contribution is -2.08. The van der Waals surface area contributed by atoms with Crippen molar-refractivity contribution in [3.63, 3.8) is 0 Å². The van der Waals surface area contributed by atoms with Crippen molar-refractivity contribution in [1.29, 1.82) is 0 Å². The van der Waals surface area contributed by atoms with Gasteiger partial charge in [-0.1, -0.05) is 12.8 Å². The minimum Gasteiger partial charge on any atom is -0.481 e. The molecule has 0 amide bonds. The van der Waals surface area contributed by atoms with E-state index in [4.69, 9.17) is 5.11 Å². The van der Waals surface area contributed by atoms with Crippen LogP contribution >= 0.6 is 0 Å². The highest BCUT2D eigenvalue weighted by Crippen LogP contribution is 2.30. The number of rotatable bonds is 5. The van der Waals surface area contributed by atoms with Crippen molar-refractivity contribution in [2.75, 3.05) is 0 Å². The molecular formula is C12H18N2O2. The minimum absolute atomic E-state index is 0.246. The Morgan fingerprint density at radius 3 is 2.94 bits per heavy atom. The summed E-state index contributed by atoms with van der Waals surface area (Å²) >= 11 is 0. The fourth-order valence-electron chi connectivity index (χ4n) is 2.46. The quantitative estimate of drug-likeness (QED) is 0.832. The molecule has 1 aromatic rings. The van der Waals surface area contributed by atoms with Crippen molar-refractivity contribution >= 4 is 5.97 Å². The number of carboxylic acids is 1. The van der Waals surface area contributed by atoms with Crippen LogP contribution in [0.2, 0.25) is 0 Å². The van der Waals surface area contributed by atoms with Crippen LogP contribution in [0.25, 0.3) is 0 Å². The second-order valence-electron chi connectivity index (χ2n) is 4.48.